The van der Waals surface area contributed by atoms with Crippen molar-refractivity contribution in [3.8, 4) is 11.6 Å². The second kappa shape index (κ2) is 6.17. The van der Waals surface area contributed by atoms with Crippen LogP contribution in [0.1, 0.15) is 24.5 Å². The van der Waals surface area contributed by atoms with Crippen LogP contribution in [0.2, 0.25) is 0 Å². The van der Waals surface area contributed by atoms with E-state index in [1.165, 1.54) is 12.4 Å². The summed E-state index contributed by atoms with van der Waals surface area (Å²) in [5.74, 6) is 1.26. The average Bonchev–Trinajstić information content (AvgIpc) is 2.42. The van der Waals surface area contributed by atoms with Crippen LogP contribution in [0.3, 0.4) is 0 Å². The maximum Gasteiger partial charge on any atom is 0.272 e. The van der Waals surface area contributed by atoms with E-state index in [1.54, 1.807) is 19.1 Å². The third-order valence-electron chi connectivity index (χ3n) is 3.02. The van der Waals surface area contributed by atoms with Crippen molar-refractivity contribution in [3.63, 3.8) is 0 Å². The number of nitrogens with zero attached hydrogens (tertiary/aromatic N) is 3. The van der Waals surface area contributed by atoms with Crippen LogP contribution in [0.25, 0.3) is 0 Å². The molecule has 0 aliphatic heterocycles. The van der Waals surface area contributed by atoms with Crippen LogP contribution >= 0.6 is 0 Å². The molecule has 0 atom stereocenters. The summed E-state index contributed by atoms with van der Waals surface area (Å²) < 4.78 is 5.70. The minimum atomic E-state index is -0.426. The molecule has 1 aromatic carbocycles. The van der Waals surface area contributed by atoms with Crippen LogP contribution in [0.15, 0.2) is 24.5 Å². The Morgan fingerprint density at radius 1 is 1.38 bits per heavy atom. The van der Waals surface area contributed by atoms with E-state index >= 15 is 0 Å². The van der Waals surface area contributed by atoms with E-state index in [9.17, 15) is 10.1 Å². The zero-order valence-corrected chi connectivity index (χ0v) is 11.9. The Kier molecular flexibility index (Phi) is 4.32. The molecule has 2 aromatic rings. The van der Waals surface area contributed by atoms with Gasteiger partial charge >= 0.3 is 0 Å². The number of aromatic nitrogens is 2. The molecule has 0 fully saturated rings. The lowest BCUT2D eigenvalue weighted by atomic mass is 10.1. The topological polar surface area (TPSA) is 104 Å². The molecular weight excluding hydrogens is 272 g/mol. The first-order valence-electron chi connectivity index (χ1n) is 6.55. The molecule has 0 saturated carbocycles. The molecule has 0 radical (unpaired) electrons. The first-order chi connectivity index (χ1) is 10.0. The largest absolute Gasteiger partial charge is 0.439 e. The van der Waals surface area contributed by atoms with Gasteiger partial charge in [0.05, 0.1) is 10.5 Å². The van der Waals surface area contributed by atoms with E-state index in [1.807, 2.05) is 6.92 Å². The molecule has 0 saturated heterocycles. The summed E-state index contributed by atoms with van der Waals surface area (Å²) in [4.78, 5) is 18.4. The number of nitro groups is 1. The maximum absolute atomic E-state index is 10.8. The van der Waals surface area contributed by atoms with Crippen molar-refractivity contribution in [2.75, 3.05) is 5.73 Å². The predicted molar refractivity (Wildman–Crippen MR) is 78.3 cm³/mol. The summed E-state index contributed by atoms with van der Waals surface area (Å²) in [6.45, 7) is 3.68. The van der Waals surface area contributed by atoms with Crippen LogP contribution in [0.5, 0.6) is 11.6 Å². The number of nitro benzene ring substituents is 1. The molecule has 2 N–H and O–H groups in total. The Hall–Kier alpha value is -2.70. The molecule has 0 spiro atoms. The molecule has 0 amide bonds. The normalized spacial score (nSPS) is 10.4. The molecule has 110 valence electrons. The lowest BCUT2D eigenvalue weighted by Gasteiger charge is -2.11. The summed E-state index contributed by atoms with van der Waals surface area (Å²) in [5.41, 5.74) is 7.16. The van der Waals surface area contributed by atoms with Gasteiger partial charge in [0.15, 0.2) is 0 Å². The quantitative estimate of drug-likeness (QED) is 0.669. The molecule has 2 rings (SSSR count). The number of nitrogens with two attached hydrogens (primary N) is 1. The second-order valence-electron chi connectivity index (χ2n) is 4.60. The van der Waals surface area contributed by atoms with Gasteiger partial charge in [-0.3, -0.25) is 10.1 Å². The molecule has 21 heavy (non-hydrogen) atoms. The number of anilines is 1. The summed E-state index contributed by atoms with van der Waals surface area (Å²) in [6, 6.07) is 4.56. The molecule has 1 heterocycles. The first-order valence-corrected chi connectivity index (χ1v) is 6.55. The van der Waals surface area contributed by atoms with E-state index < -0.39 is 4.92 Å². The van der Waals surface area contributed by atoms with Crippen LogP contribution in [-0.2, 0) is 6.42 Å². The van der Waals surface area contributed by atoms with Crippen LogP contribution in [0, 0.1) is 17.0 Å². The summed E-state index contributed by atoms with van der Waals surface area (Å²) >= 11 is 0. The molecule has 7 nitrogen and oxygen atoms in total. The van der Waals surface area contributed by atoms with Crippen LogP contribution in [-0.4, -0.2) is 14.9 Å². The van der Waals surface area contributed by atoms with Gasteiger partial charge in [0.25, 0.3) is 5.69 Å². The highest BCUT2D eigenvalue weighted by atomic mass is 16.6. The van der Waals surface area contributed by atoms with Crippen molar-refractivity contribution in [1.82, 2.24) is 9.97 Å². The van der Waals surface area contributed by atoms with Gasteiger partial charge < -0.3 is 10.5 Å². The van der Waals surface area contributed by atoms with Crippen molar-refractivity contribution in [1.29, 1.82) is 0 Å². The van der Waals surface area contributed by atoms with Gasteiger partial charge in [-0.2, -0.15) is 0 Å². The Morgan fingerprint density at radius 2 is 2.14 bits per heavy atom. The fourth-order valence-corrected chi connectivity index (χ4v) is 1.99. The molecular formula is C14H16N4O3. The van der Waals surface area contributed by atoms with Crippen molar-refractivity contribution < 1.29 is 9.66 Å². The average molecular weight is 288 g/mol. The third-order valence-corrected chi connectivity index (χ3v) is 3.02. The summed E-state index contributed by atoms with van der Waals surface area (Å²) in [5, 5.41) is 10.8. The van der Waals surface area contributed by atoms with Crippen LogP contribution in [0.4, 0.5) is 11.5 Å². The number of benzene rings is 1. The zero-order valence-electron chi connectivity index (χ0n) is 11.9. The number of rotatable bonds is 5. The number of ether oxygens (including phenoxy) is 1. The van der Waals surface area contributed by atoms with E-state index in [2.05, 4.69) is 9.97 Å². The predicted octanol–water partition coefficient (Wildman–Crippen LogP) is 3.02. The highest BCUT2D eigenvalue weighted by Crippen LogP contribution is 2.29. The summed E-state index contributed by atoms with van der Waals surface area (Å²) in [7, 11) is 0. The molecule has 0 unspecified atom stereocenters. The van der Waals surface area contributed by atoms with Gasteiger partial charge in [-0.05, 0) is 25.5 Å². The molecule has 7 heteroatoms. The molecule has 0 aliphatic carbocycles. The number of hydrogen-bond acceptors (Lipinski definition) is 6. The standard InChI is InChI=1S/C14H16N4O3/c1-3-4-11-13(15)16-8-17-14(11)21-10-5-6-12(18(19)20)9(2)7-10/h5-8H,3-4H2,1-2H3,(H2,15,16,17). The lowest BCUT2D eigenvalue weighted by Crippen LogP contribution is -2.03. The van der Waals surface area contributed by atoms with Gasteiger partial charge in [-0.1, -0.05) is 13.3 Å². The SMILES string of the molecule is CCCc1c(N)ncnc1Oc1ccc([N+](=O)[O-])c(C)c1. The first kappa shape index (κ1) is 14.7. The van der Waals surface area contributed by atoms with E-state index in [-0.39, 0.29) is 5.69 Å². The highest BCUT2D eigenvalue weighted by Gasteiger charge is 2.14. The van der Waals surface area contributed by atoms with Gasteiger partial charge in [0.2, 0.25) is 5.88 Å². The van der Waals surface area contributed by atoms with E-state index in [4.69, 9.17) is 10.5 Å². The third kappa shape index (κ3) is 3.25. The van der Waals surface area contributed by atoms with Crippen LogP contribution < -0.4 is 10.5 Å². The number of nitrogen functional groups attached to an aromatic ring is 1. The fraction of sp³-hybridized carbons (Fsp3) is 0.286. The van der Waals surface area contributed by atoms with Crippen molar-refractivity contribution >= 4 is 11.5 Å². The minimum absolute atomic E-state index is 0.0540. The van der Waals surface area contributed by atoms with Crippen molar-refractivity contribution in [2.24, 2.45) is 0 Å². The fourth-order valence-electron chi connectivity index (χ4n) is 1.99. The van der Waals surface area contributed by atoms with Gasteiger partial charge in [0, 0.05) is 11.6 Å². The van der Waals surface area contributed by atoms with Crippen molar-refractivity contribution in [3.05, 3.63) is 45.8 Å². The molecule has 0 bridgehead atoms. The van der Waals surface area contributed by atoms with Gasteiger partial charge in [-0.15, -0.1) is 0 Å². The lowest BCUT2D eigenvalue weighted by molar-refractivity contribution is -0.385. The summed E-state index contributed by atoms with van der Waals surface area (Å²) in [6.07, 6.45) is 2.92. The number of hydrogen-bond donors (Lipinski definition) is 1. The minimum Gasteiger partial charge on any atom is -0.439 e. The Morgan fingerprint density at radius 3 is 2.76 bits per heavy atom. The monoisotopic (exact) mass is 288 g/mol. The Balaban J connectivity index is 2.32. The van der Waals surface area contributed by atoms with Gasteiger partial charge in [0.1, 0.15) is 17.9 Å². The van der Waals surface area contributed by atoms with Gasteiger partial charge in [-0.25, -0.2) is 9.97 Å². The Bertz CT molecular complexity index is 673. The highest BCUT2D eigenvalue weighted by molar-refractivity contribution is 5.48. The zero-order chi connectivity index (χ0) is 15.4. The van der Waals surface area contributed by atoms with E-state index in [0.717, 1.165) is 12.0 Å². The second-order valence-corrected chi connectivity index (χ2v) is 4.60. The Labute approximate surface area is 121 Å². The van der Waals surface area contributed by atoms with E-state index in [0.29, 0.717) is 29.4 Å². The molecule has 1 aromatic heterocycles. The molecule has 0 aliphatic rings. The van der Waals surface area contributed by atoms with Crippen molar-refractivity contribution in [2.45, 2.75) is 26.7 Å². The smallest absolute Gasteiger partial charge is 0.272 e. The maximum atomic E-state index is 10.8. The number of aryl methyl sites for hydroxylation is 1.